The molecule has 1 unspecified atom stereocenters. The first-order valence-electron chi connectivity index (χ1n) is 6.68. The topological polar surface area (TPSA) is 34.1 Å². The van der Waals surface area contributed by atoms with Crippen molar-refractivity contribution in [2.24, 2.45) is 5.92 Å². The molecular weight excluding hydrogens is 272 g/mol. The monoisotopic (exact) mass is 288 g/mol. The van der Waals surface area contributed by atoms with Crippen molar-refractivity contribution in [1.82, 2.24) is 0 Å². The zero-order valence-corrected chi connectivity index (χ0v) is 12.6. The highest BCUT2D eigenvalue weighted by molar-refractivity contribution is 6.64. The van der Waals surface area contributed by atoms with Crippen molar-refractivity contribution >= 4 is 33.4 Å². The van der Waals surface area contributed by atoms with E-state index in [0.717, 1.165) is 16.3 Å². The number of ketones is 1. The Morgan fingerprint density at radius 2 is 1.55 bits per heavy atom. The quantitative estimate of drug-likeness (QED) is 0.611. The highest BCUT2D eigenvalue weighted by Crippen LogP contribution is 2.30. The lowest BCUT2D eigenvalue weighted by Gasteiger charge is -2.13. The maximum atomic E-state index is 12.3. The normalized spacial score (nSPS) is 12.7. The number of fused-ring (bicyclic) bond motifs is 1. The Kier molecular flexibility index (Phi) is 4.24. The Labute approximate surface area is 123 Å². The molecule has 0 aliphatic heterocycles. The molecule has 0 spiro atoms. The molecule has 0 aliphatic rings. The van der Waals surface area contributed by atoms with E-state index < -0.39 is 5.24 Å². The second-order valence-electron chi connectivity index (χ2n) is 5.29. The number of halogens is 1. The zero-order chi connectivity index (χ0) is 14.9. The van der Waals surface area contributed by atoms with E-state index in [2.05, 4.69) is 0 Å². The molecule has 2 rings (SSSR count). The summed E-state index contributed by atoms with van der Waals surface area (Å²) in [6.45, 7) is 5.55. The summed E-state index contributed by atoms with van der Waals surface area (Å²) in [4.78, 5) is 23.7. The summed E-state index contributed by atoms with van der Waals surface area (Å²) in [5.41, 5.74) is 1.56. The summed E-state index contributed by atoms with van der Waals surface area (Å²) < 4.78 is 0. The van der Waals surface area contributed by atoms with Crippen LogP contribution in [-0.2, 0) is 4.79 Å². The molecule has 0 N–H and O–H groups in total. The average molecular weight is 289 g/mol. The van der Waals surface area contributed by atoms with Gasteiger partial charge in [-0.3, -0.25) is 9.59 Å². The molecular formula is C17H17ClO2. The Morgan fingerprint density at radius 3 is 2.15 bits per heavy atom. The Balaban J connectivity index is 2.69. The fraction of sp³-hybridized carbons (Fsp3) is 0.294. The number of carbonyl (C=O) groups excluding carboxylic acids is 2. The van der Waals surface area contributed by atoms with Gasteiger partial charge in [-0.05, 0) is 27.9 Å². The van der Waals surface area contributed by atoms with Crippen LogP contribution >= 0.6 is 11.6 Å². The third-order valence-corrected chi connectivity index (χ3v) is 3.88. The standard InChI is InChI=1S/C17H17ClO2/c1-10(2)16(19)15-9-5-7-13-12(11(3)17(18)20)6-4-8-14(13)15/h4-11H,1-3H3. The second-order valence-corrected chi connectivity index (χ2v) is 5.67. The predicted molar refractivity (Wildman–Crippen MR) is 82.4 cm³/mol. The van der Waals surface area contributed by atoms with Gasteiger partial charge in [0.2, 0.25) is 5.24 Å². The molecule has 104 valence electrons. The third-order valence-electron chi connectivity index (χ3n) is 3.55. The summed E-state index contributed by atoms with van der Waals surface area (Å²) in [6, 6.07) is 11.3. The van der Waals surface area contributed by atoms with Crippen LogP contribution < -0.4 is 0 Å². The SMILES string of the molecule is CC(C)C(=O)c1cccc2c(C(C)C(=O)Cl)cccc12. The molecule has 2 nitrogen and oxygen atoms in total. The van der Waals surface area contributed by atoms with E-state index in [1.165, 1.54) is 0 Å². The van der Waals surface area contributed by atoms with Crippen molar-refractivity contribution in [1.29, 1.82) is 0 Å². The minimum Gasteiger partial charge on any atom is -0.294 e. The molecule has 0 fully saturated rings. The molecule has 0 heterocycles. The first kappa shape index (κ1) is 14.7. The average Bonchev–Trinajstić information content (AvgIpc) is 2.44. The van der Waals surface area contributed by atoms with Crippen LogP contribution in [0, 0.1) is 5.92 Å². The van der Waals surface area contributed by atoms with Gasteiger partial charge in [0.25, 0.3) is 0 Å². The lowest BCUT2D eigenvalue weighted by Crippen LogP contribution is -2.09. The van der Waals surface area contributed by atoms with Gasteiger partial charge in [-0.1, -0.05) is 57.2 Å². The van der Waals surface area contributed by atoms with E-state index in [1.54, 1.807) is 6.92 Å². The molecule has 0 saturated carbocycles. The van der Waals surface area contributed by atoms with Crippen molar-refractivity contribution in [3.8, 4) is 0 Å². The van der Waals surface area contributed by atoms with Crippen LogP contribution in [0.4, 0.5) is 0 Å². The third kappa shape index (κ3) is 2.61. The second kappa shape index (κ2) is 5.76. The van der Waals surface area contributed by atoms with Crippen LogP contribution in [0.25, 0.3) is 10.8 Å². The summed E-state index contributed by atoms with van der Waals surface area (Å²) in [7, 11) is 0. The zero-order valence-electron chi connectivity index (χ0n) is 11.8. The summed E-state index contributed by atoms with van der Waals surface area (Å²) in [5.74, 6) is -0.335. The Hall–Kier alpha value is -1.67. The Morgan fingerprint density at radius 1 is 0.950 bits per heavy atom. The van der Waals surface area contributed by atoms with Crippen LogP contribution in [0.2, 0.25) is 0 Å². The van der Waals surface area contributed by atoms with E-state index in [9.17, 15) is 9.59 Å². The molecule has 3 heteroatoms. The van der Waals surface area contributed by atoms with Gasteiger partial charge in [0.15, 0.2) is 5.78 Å². The van der Waals surface area contributed by atoms with E-state index in [1.807, 2.05) is 50.2 Å². The van der Waals surface area contributed by atoms with Crippen molar-refractivity contribution in [3.63, 3.8) is 0 Å². The largest absolute Gasteiger partial charge is 0.294 e. The number of hydrogen-bond donors (Lipinski definition) is 0. The van der Waals surface area contributed by atoms with Gasteiger partial charge in [-0.2, -0.15) is 0 Å². The van der Waals surface area contributed by atoms with E-state index >= 15 is 0 Å². The number of benzene rings is 2. The minimum atomic E-state index is -0.391. The van der Waals surface area contributed by atoms with Gasteiger partial charge in [-0.15, -0.1) is 0 Å². The number of carbonyl (C=O) groups is 2. The van der Waals surface area contributed by atoms with Gasteiger partial charge in [0.05, 0.1) is 5.92 Å². The molecule has 0 radical (unpaired) electrons. The molecule has 2 aromatic carbocycles. The molecule has 0 amide bonds. The highest BCUT2D eigenvalue weighted by Gasteiger charge is 2.18. The summed E-state index contributed by atoms with van der Waals surface area (Å²) in [5, 5.41) is 1.41. The Bertz CT molecular complexity index is 674. The molecule has 2 aromatic rings. The smallest absolute Gasteiger partial charge is 0.228 e. The number of Topliss-reactive ketones (excluding diaryl/α,β-unsaturated/α-hetero) is 1. The molecule has 1 atom stereocenters. The fourth-order valence-electron chi connectivity index (χ4n) is 2.36. The maximum absolute atomic E-state index is 12.3. The molecule has 0 aliphatic carbocycles. The van der Waals surface area contributed by atoms with Crippen LogP contribution in [0.3, 0.4) is 0 Å². The van der Waals surface area contributed by atoms with Gasteiger partial charge in [0, 0.05) is 11.5 Å². The van der Waals surface area contributed by atoms with Gasteiger partial charge in [-0.25, -0.2) is 0 Å². The van der Waals surface area contributed by atoms with Crippen LogP contribution in [-0.4, -0.2) is 11.0 Å². The first-order chi connectivity index (χ1) is 9.43. The van der Waals surface area contributed by atoms with Gasteiger partial charge >= 0.3 is 0 Å². The number of hydrogen-bond acceptors (Lipinski definition) is 2. The van der Waals surface area contributed by atoms with E-state index in [0.29, 0.717) is 5.56 Å². The molecule has 0 aromatic heterocycles. The van der Waals surface area contributed by atoms with Crippen LogP contribution in [0.5, 0.6) is 0 Å². The van der Waals surface area contributed by atoms with E-state index in [4.69, 9.17) is 11.6 Å². The van der Waals surface area contributed by atoms with Gasteiger partial charge < -0.3 is 0 Å². The molecule has 20 heavy (non-hydrogen) atoms. The van der Waals surface area contributed by atoms with Crippen LogP contribution in [0.1, 0.15) is 42.6 Å². The van der Waals surface area contributed by atoms with Crippen molar-refractivity contribution in [2.75, 3.05) is 0 Å². The summed E-state index contributed by atoms with van der Waals surface area (Å²) >= 11 is 5.61. The lowest BCUT2D eigenvalue weighted by atomic mass is 9.90. The minimum absolute atomic E-state index is 0.0589. The van der Waals surface area contributed by atoms with Crippen molar-refractivity contribution in [2.45, 2.75) is 26.7 Å². The summed E-state index contributed by atoms with van der Waals surface area (Å²) in [6.07, 6.45) is 0. The molecule has 0 saturated heterocycles. The van der Waals surface area contributed by atoms with Crippen molar-refractivity contribution in [3.05, 3.63) is 47.5 Å². The first-order valence-corrected chi connectivity index (χ1v) is 7.06. The molecule has 0 bridgehead atoms. The van der Waals surface area contributed by atoms with Gasteiger partial charge in [0.1, 0.15) is 0 Å². The lowest BCUT2D eigenvalue weighted by molar-refractivity contribution is -0.112. The number of rotatable bonds is 4. The van der Waals surface area contributed by atoms with Crippen LogP contribution in [0.15, 0.2) is 36.4 Å². The maximum Gasteiger partial charge on any atom is 0.228 e. The van der Waals surface area contributed by atoms with Crippen molar-refractivity contribution < 1.29 is 9.59 Å². The fourth-order valence-corrected chi connectivity index (χ4v) is 2.48. The van der Waals surface area contributed by atoms with E-state index in [-0.39, 0.29) is 17.6 Å². The predicted octanol–water partition coefficient (Wildman–Crippen LogP) is 4.55. The highest BCUT2D eigenvalue weighted by atomic mass is 35.5.